The van der Waals surface area contributed by atoms with Crippen molar-refractivity contribution in [2.75, 3.05) is 6.54 Å². The molecule has 1 N–H and O–H groups in total. The highest BCUT2D eigenvalue weighted by molar-refractivity contribution is 7.17. The number of aryl methyl sites for hydroxylation is 1. The minimum atomic E-state index is 0.0185. The number of hydrogen-bond donors (Lipinski definition) is 1. The molecule has 2 rings (SSSR count). The molecule has 0 amide bonds. The third kappa shape index (κ3) is 3.35. The van der Waals surface area contributed by atoms with E-state index < -0.39 is 0 Å². The Morgan fingerprint density at radius 1 is 1.50 bits per heavy atom. The standard InChI is InChI=1S/C15H21N3OS/c1-10(6-17-15(3,4)5)7-18-9-16-12-11(2)8-20-13(12)14(18)19/h8-9,17H,1,6-7H2,2-5H3. The van der Waals surface area contributed by atoms with E-state index in [0.29, 0.717) is 13.1 Å². The van der Waals surface area contributed by atoms with Gasteiger partial charge in [0.2, 0.25) is 0 Å². The summed E-state index contributed by atoms with van der Waals surface area (Å²) in [5, 5.41) is 5.34. The zero-order chi connectivity index (χ0) is 14.9. The molecule has 5 heteroatoms. The summed E-state index contributed by atoms with van der Waals surface area (Å²) in [6.07, 6.45) is 1.62. The van der Waals surface area contributed by atoms with Crippen molar-refractivity contribution in [3.8, 4) is 0 Å². The summed E-state index contributed by atoms with van der Waals surface area (Å²) in [5.41, 5.74) is 2.90. The fraction of sp³-hybridized carbons (Fsp3) is 0.467. The van der Waals surface area contributed by atoms with E-state index in [-0.39, 0.29) is 11.1 Å². The van der Waals surface area contributed by atoms with Gasteiger partial charge in [0.25, 0.3) is 5.56 Å². The van der Waals surface area contributed by atoms with Crippen molar-refractivity contribution in [1.82, 2.24) is 14.9 Å². The van der Waals surface area contributed by atoms with Gasteiger partial charge in [0.05, 0.1) is 11.8 Å². The van der Waals surface area contributed by atoms with Gasteiger partial charge in [0.1, 0.15) is 4.70 Å². The molecule has 108 valence electrons. The van der Waals surface area contributed by atoms with Gasteiger partial charge in [0, 0.05) is 18.6 Å². The lowest BCUT2D eigenvalue weighted by Gasteiger charge is -2.21. The van der Waals surface area contributed by atoms with Crippen LogP contribution in [0.25, 0.3) is 10.2 Å². The Hall–Kier alpha value is -1.46. The summed E-state index contributed by atoms with van der Waals surface area (Å²) < 4.78 is 2.35. The summed E-state index contributed by atoms with van der Waals surface area (Å²) in [7, 11) is 0. The molecule has 0 saturated carbocycles. The van der Waals surface area contributed by atoms with Crippen LogP contribution >= 0.6 is 11.3 Å². The average Bonchev–Trinajstić information content (AvgIpc) is 2.72. The molecule has 4 nitrogen and oxygen atoms in total. The molecule has 2 heterocycles. The molecule has 0 saturated heterocycles. The lowest BCUT2D eigenvalue weighted by molar-refractivity contribution is 0.440. The Labute approximate surface area is 123 Å². The second-order valence-corrected chi connectivity index (χ2v) is 7.01. The van der Waals surface area contributed by atoms with E-state index in [1.165, 1.54) is 11.3 Å². The zero-order valence-electron chi connectivity index (χ0n) is 12.5. The average molecular weight is 291 g/mol. The maximum absolute atomic E-state index is 12.4. The normalized spacial score (nSPS) is 12.0. The van der Waals surface area contributed by atoms with Gasteiger partial charge < -0.3 is 5.32 Å². The van der Waals surface area contributed by atoms with E-state index in [0.717, 1.165) is 21.4 Å². The van der Waals surface area contributed by atoms with Crippen LogP contribution in [-0.2, 0) is 6.54 Å². The van der Waals surface area contributed by atoms with Crippen molar-refractivity contribution >= 4 is 21.6 Å². The molecular weight excluding hydrogens is 270 g/mol. The van der Waals surface area contributed by atoms with Gasteiger partial charge >= 0.3 is 0 Å². The first-order chi connectivity index (χ1) is 9.28. The fourth-order valence-electron chi connectivity index (χ4n) is 1.86. The summed E-state index contributed by atoms with van der Waals surface area (Å²) in [6.45, 7) is 13.5. The van der Waals surface area contributed by atoms with Crippen molar-refractivity contribution in [3.05, 3.63) is 39.8 Å². The summed E-state index contributed by atoms with van der Waals surface area (Å²) in [5.74, 6) is 0. The van der Waals surface area contributed by atoms with Crippen molar-refractivity contribution in [3.63, 3.8) is 0 Å². The van der Waals surface area contributed by atoms with Crippen LogP contribution in [0.2, 0.25) is 0 Å². The van der Waals surface area contributed by atoms with Gasteiger partial charge in [0.15, 0.2) is 0 Å². The second kappa shape index (κ2) is 5.50. The third-order valence-corrected chi connectivity index (χ3v) is 4.06. The van der Waals surface area contributed by atoms with Gasteiger partial charge in [-0.05, 0) is 44.2 Å². The molecular formula is C15H21N3OS. The first-order valence-electron chi connectivity index (χ1n) is 6.63. The number of aromatic nitrogens is 2. The summed E-state index contributed by atoms with van der Waals surface area (Å²) in [6, 6.07) is 0. The van der Waals surface area contributed by atoms with Gasteiger partial charge in [-0.25, -0.2) is 4.98 Å². The zero-order valence-corrected chi connectivity index (χ0v) is 13.3. The minimum Gasteiger partial charge on any atom is -0.308 e. The van der Waals surface area contributed by atoms with Crippen LogP contribution < -0.4 is 10.9 Å². The van der Waals surface area contributed by atoms with Crippen molar-refractivity contribution < 1.29 is 0 Å². The molecule has 0 bridgehead atoms. The molecule has 0 aromatic carbocycles. The topological polar surface area (TPSA) is 46.9 Å². The van der Waals surface area contributed by atoms with Gasteiger partial charge in [-0.3, -0.25) is 9.36 Å². The van der Waals surface area contributed by atoms with Gasteiger partial charge in [-0.15, -0.1) is 11.3 Å². The minimum absolute atomic E-state index is 0.0185. The lowest BCUT2D eigenvalue weighted by Crippen LogP contribution is -2.37. The smallest absolute Gasteiger partial charge is 0.271 e. The van der Waals surface area contributed by atoms with Crippen LogP contribution in [0.3, 0.4) is 0 Å². The number of fused-ring (bicyclic) bond motifs is 1. The molecule has 0 fully saturated rings. The number of hydrogen-bond acceptors (Lipinski definition) is 4. The first-order valence-corrected chi connectivity index (χ1v) is 7.51. The molecule has 0 aliphatic heterocycles. The predicted octanol–water partition coefficient (Wildman–Crippen LogP) is 2.71. The van der Waals surface area contributed by atoms with Crippen LogP contribution in [0.15, 0.2) is 28.7 Å². The Bertz CT molecular complexity index is 691. The second-order valence-electron chi connectivity index (χ2n) is 6.13. The number of nitrogens with zero attached hydrogens (tertiary/aromatic N) is 2. The molecule has 0 radical (unpaired) electrons. The van der Waals surface area contributed by atoms with Crippen molar-refractivity contribution in [2.24, 2.45) is 0 Å². The highest BCUT2D eigenvalue weighted by Gasteiger charge is 2.11. The Morgan fingerprint density at radius 2 is 2.20 bits per heavy atom. The van der Waals surface area contributed by atoms with Crippen molar-refractivity contribution in [2.45, 2.75) is 39.8 Å². The maximum atomic E-state index is 12.4. The third-order valence-electron chi connectivity index (χ3n) is 2.99. The highest BCUT2D eigenvalue weighted by Crippen LogP contribution is 2.19. The number of nitrogens with one attached hydrogen (secondary N) is 1. The van der Waals surface area contributed by atoms with E-state index in [1.54, 1.807) is 10.9 Å². The van der Waals surface area contributed by atoms with E-state index in [4.69, 9.17) is 0 Å². The molecule has 0 spiro atoms. The van der Waals surface area contributed by atoms with Crippen molar-refractivity contribution in [1.29, 1.82) is 0 Å². The fourth-order valence-corrected chi connectivity index (χ4v) is 2.81. The molecule has 0 atom stereocenters. The Morgan fingerprint density at radius 3 is 2.85 bits per heavy atom. The quantitative estimate of drug-likeness (QED) is 0.881. The maximum Gasteiger partial charge on any atom is 0.271 e. The molecule has 0 aliphatic rings. The monoisotopic (exact) mass is 291 g/mol. The van der Waals surface area contributed by atoms with E-state index in [2.05, 4.69) is 37.7 Å². The van der Waals surface area contributed by atoms with Crippen LogP contribution in [0.5, 0.6) is 0 Å². The van der Waals surface area contributed by atoms with E-state index in [1.807, 2.05) is 12.3 Å². The van der Waals surface area contributed by atoms with E-state index in [9.17, 15) is 4.79 Å². The molecule has 0 aliphatic carbocycles. The Kier molecular flexibility index (Phi) is 4.11. The SMILES string of the molecule is C=C(CNC(C)(C)C)Cn1cnc2c(C)csc2c1=O. The highest BCUT2D eigenvalue weighted by atomic mass is 32.1. The van der Waals surface area contributed by atoms with Gasteiger partial charge in [-0.2, -0.15) is 0 Å². The molecule has 20 heavy (non-hydrogen) atoms. The predicted molar refractivity (Wildman–Crippen MR) is 85.5 cm³/mol. The summed E-state index contributed by atoms with van der Waals surface area (Å²) >= 11 is 1.46. The largest absolute Gasteiger partial charge is 0.308 e. The van der Waals surface area contributed by atoms with E-state index >= 15 is 0 Å². The number of thiophene rings is 1. The lowest BCUT2D eigenvalue weighted by atomic mass is 10.1. The molecule has 2 aromatic heterocycles. The van der Waals surface area contributed by atoms with Crippen LogP contribution in [0.4, 0.5) is 0 Å². The van der Waals surface area contributed by atoms with Crippen LogP contribution in [-0.4, -0.2) is 21.6 Å². The first kappa shape index (κ1) is 14.9. The van der Waals surface area contributed by atoms with Crippen LogP contribution in [0.1, 0.15) is 26.3 Å². The molecule has 2 aromatic rings. The number of rotatable bonds is 4. The Balaban J connectivity index is 2.16. The van der Waals surface area contributed by atoms with Crippen LogP contribution in [0, 0.1) is 6.92 Å². The molecule has 0 unspecified atom stereocenters. The summed E-state index contributed by atoms with van der Waals surface area (Å²) in [4.78, 5) is 16.7. The van der Waals surface area contributed by atoms with Gasteiger partial charge in [-0.1, -0.05) is 6.58 Å².